The van der Waals surface area contributed by atoms with Crippen molar-refractivity contribution in [2.45, 2.75) is 18.9 Å². The normalized spacial score (nSPS) is 14.2. The zero-order chi connectivity index (χ0) is 13.1. The van der Waals surface area contributed by atoms with Crippen molar-refractivity contribution in [3.63, 3.8) is 0 Å². The summed E-state index contributed by atoms with van der Waals surface area (Å²) in [6.45, 7) is 2.10. The third kappa shape index (κ3) is 3.19. The molecule has 94 valence electrons. The van der Waals surface area contributed by atoms with Gasteiger partial charge in [0.2, 0.25) is 0 Å². The van der Waals surface area contributed by atoms with Crippen LogP contribution in [0.25, 0.3) is 0 Å². The summed E-state index contributed by atoms with van der Waals surface area (Å²) < 4.78 is 2.05. The van der Waals surface area contributed by atoms with Crippen molar-refractivity contribution in [3.8, 4) is 0 Å². The maximum absolute atomic E-state index is 6.33. The number of aromatic nitrogens is 1. The zero-order valence-electron chi connectivity index (χ0n) is 9.98. The number of nitrogens with zero attached hydrogens (tertiary/aromatic N) is 1. The standard InChI is InChI=1S/C14H14Br2N2/c1-9(13-4-2-3-5-18-13)14(17)10-6-11(15)8-12(16)7-10/h2-9,14H,17H2,1H3. The van der Waals surface area contributed by atoms with Crippen LogP contribution in [0.5, 0.6) is 0 Å². The van der Waals surface area contributed by atoms with Crippen LogP contribution in [0.15, 0.2) is 51.5 Å². The topological polar surface area (TPSA) is 38.9 Å². The van der Waals surface area contributed by atoms with Gasteiger partial charge in [-0.25, -0.2) is 0 Å². The van der Waals surface area contributed by atoms with Gasteiger partial charge in [0.1, 0.15) is 0 Å². The lowest BCUT2D eigenvalue weighted by atomic mass is 9.92. The van der Waals surface area contributed by atoms with Gasteiger partial charge in [0.25, 0.3) is 0 Å². The highest BCUT2D eigenvalue weighted by molar-refractivity contribution is 9.11. The minimum Gasteiger partial charge on any atom is -0.323 e. The predicted octanol–water partition coefficient (Wildman–Crippen LogP) is 4.41. The highest BCUT2D eigenvalue weighted by atomic mass is 79.9. The van der Waals surface area contributed by atoms with Crippen LogP contribution in [-0.4, -0.2) is 4.98 Å². The molecule has 0 saturated heterocycles. The molecule has 0 radical (unpaired) electrons. The first-order chi connectivity index (χ1) is 8.58. The minimum absolute atomic E-state index is 0.0753. The van der Waals surface area contributed by atoms with Crippen LogP contribution in [0.3, 0.4) is 0 Å². The molecular weight excluding hydrogens is 356 g/mol. The lowest BCUT2D eigenvalue weighted by Gasteiger charge is -2.20. The van der Waals surface area contributed by atoms with Crippen LogP contribution in [0.1, 0.15) is 30.1 Å². The summed E-state index contributed by atoms with van der Waals surface area (Å²) in [6.07, 6.45) is 1.80. The van der Waals surface area contributed by atoms with Crippen molar-refractivity contribution in [1.82, 2.24) is 4.98 Å². The number of hydrogen-bond acceptors (Lipinski definition) is 2. The Morgan fingerprint density at radius 3 is 2.33 bits per heavy atom. The summed E-state index contributed by atoms with van der Waals surface area (Å²) in [4.78, 5) is 4.37. The summed E-state index contributed by atoms with van der Waals surface area (Å²) in [5.41, 5.74) is 8.43. The molecule has 0 bridgehead atoms. The third-order valence-corrected chi connectivity index (χ3v) is 3.88. The van der Waals surface area contributed by atoms with Gasteiger partial charge >= 0.3 is 0 Å². The predicted molar refractivity (Wildman–Crippen MR) is 81.4 cm³/mol. The number of nitrogens with two attached hydrogens (primary N) is 1. The summed E-state index contributed by atoms with van der Waals surface area (Å²) in [5.74, 6) is 0.174. The Labute approximate surface area is 124 Å². The molecule has 2 rings (SSSR count). The summed E-state index contributed by atoms with van der Waals surface area (Å²) in [6, 6.07) is 11.9. The zero-order valence-corrected chi connectivity index (χ0v) is 13.1. The highest BCUT2D eigenvalue weighted by Gasteiger charge is 2.18. The van der Waals surface area contributed by atoms with Crippen molar-refractivity contribution in [3.05, 3.63) is 62.8 Å². The molecule has 1 aromatic heterocycles. The van der Waals surface area contributed by atoms with Gasteiger partial charge in [-0.05, 0) is 35.9 Å². The maximum Gasteiger partial charge on any atom is 0.0450 e. The first kappa shape index (κ1) is 13.7. The van der Waals surface area contributed by atoms with E-state index in [0.717, 1.165) is 20.2 Å². The number of rotatable bonds is 3. The molecule has 0 amide bonds. The Bertz CT molecular complexity index is 508. The second-order valence-electron chi connectivity index (χ2n) is 4.27. The van der Waals surface area contributed by atoms with E-state index < -0.39 is 0 Å². The SMILES string of the molecule is CC(c1ccccn1)C(N)c1cc(Br)cc(Br)c1. The van der Waals surface area contributed by atoms with E-state index in [-0.39, 0.29) is 12.0 Å². The van der Waals surface area contributed by atoms with Gasteiger partial charge < -0.3 is 5.73 Å². The van der Waals surface area contributed by atoms with E-state index in [9.17, 15) is 0 Å². The minimum atomic E-state index is -0.0753. The van der Waals surface area contributed by atoms with Crippen LogP contribution in [0.4, 0.5) is 0 Å². The molecule has 0 spiro atoms. The average molecular weight is 370 g/mol. The molecule has 0 aliphatic heterocycles. The molecule has 0 fully saturated rings. The molecule has 1 heterocycles. The van der Waals surface area contributed by atoms with Crippen molar-refractivity contribution in [2.75, 3.05) is 0 Å². The molecule has 2 atom stereocenters. The second-order valence-corrected chi connectivity index (χ2v) is 6.10. The van der Waals surface area contributed by atoms with Crippen molar-refractivity contribution < 1.29 is 0 Å². The Morgan fingerprint density at radius 1 is 1.11 bits per heavy atom. The van der Waals surface area contributed by atoms with E-state index >= 15 is 0 Å². The van der Waals surface area contributed by atoms with Gasteiger partial charge in [-0.1, -0.05) is 44.8 Å². The van der Waals surface area contributed by atoms with Crippen LogP contribution in [0, 0.1) is 0 Å². The molecule has 2 unspecified atom stereocenters. The fourth-order valence-corrected chi connectivity index (χ4v) is 3.21. The number of pyridine rings is 1. The van der Waals surface area contributed by atoms with Gasteiger partial charge in [-0.3, -0.25) is 4.98 Å². The largest absolute Gasteiger partial charge is 0.323 e. The summed E-state index contributed by atoms with van der Waals surface area (Å²) in [5, 5.41) is 0. The van der Waals surface area contributed by atoms with Crippen molar-refractivity contribution >= 4 is 31.9 Å². The molecule has 0 aliphatic carbocycles. The van der Waals surface area contributed by atoms with E-state index in [1.807, 2.05) is 24.3 Å². The van der Waals surface area contributed by atoms with Crippen LogP contribution < -0.4 is 5.73 Å². The van der Waals surface area contributed by atoms with Crippen LogP contribution >= 0.6 is 31.9 Å². The van der Waals surface area contributed by atoms with E-state index in [4.69, 9.17) is 5.73 Å². The molecule has 2 N–H and O–H groups in total. The van der Waals surface area contributed by atoms with E-state index in [2.05, 4.69) is 55.9 Å². The quantitative estimate of drug-likeness (QED) is 0.870. The van der Waals surface area contributed by atoms with Crippen LogP contribution in [-0.2, 0) is 0 Å². The lowest BCUT2D eigenvalue weighted by Crippen LogP contribution is -2.18. The molecule has 0 aliphatic rings. The molecule has 18 heavy (non-hydrogen) atoms. The van der Waals surface area contributed by atoms with Gasteiger partial charge in [0, 0.05) is 32.8 Å². The van der Waals surface area contributed by atoms with Gasteiger partial charge in [0.05, 0.1) is 0 Å². The van der Waals surface area contributed by atoms with E-state index in [0.29, 0.717) is 0 Å². The lowest BCUT2D eigenvalue weighted by molar-refractivity contribution is 0.583. The monoisotopic (exact) mass is 368 g/mol. The maximum atomic E-state index is 6.33. The smallest absolute Gasteiger partial charge is 0.0450 e. The number of halogens is 2. The third-order valence-electron chi connectivity index (χ3n) is 2.96. The van der Waals surface area contributed by atoms with Gasteiger partial charge in [0.15, 0.2) is 0 Å². The van der Waals surface area contributed by atoms with Crippen molar-refractivity contribution in [1.29, 1.82) is 0 Å². The number of benzene rings is 1. The molecule has 0 saturated carbocycles. The van der Waals surface area contributed by atoms with E-state index in [1.165, 1.54) is 0 Å². The van der Waals surface area contributed by atoms with Crippen molar-refractivity contribution in [2.24, 2.45) is 5.73 Å². The van der Waals surface area contributed by atoms with Gasteiger partial charge in [-0.15, -0.1) is 0 Å². The Hall–Kier alpha value is -0.710. The highest BCUT2D eigenvalue weighted by Crippen LogP contribution is 2.30. The number of hydrogen-bond donors (Lipinski definition) is 1. The molecule has 2 aromatic rings. The Kier molecular flexibility index (Phi) is 4.54. The van der Waals surface area contributed by atoms with Gasteiger partial charge in [-0.2, -0.15) is 0 Å². The van der Waals surface area contributed by atoms with Crippen LogP contribution in [0.2, 0.25) is 0 Å². The second kappa shape index (κ2) is 5.95. The fraction of sp³-hybridized carbons (Fsp3) is 0.214. The molecular formula is C14H14Br2N2. The van der Waals surface area contributed by atoms with E-state index in [1.54, 1.807) is 6.20 Å². The summed E-state index contributed by atoms with van der Waals surface area (Å²) >= 11 is 6.97. The molecule has 1 aromatic carbocycles. The Morgan fingerprint density at radius 2 is 1.78 bits per heavy atom. The molecule has 4 heteroatoms. The molecule has 2 nitrogen and oxygen atoms in total. The average Bonchev–Trinajstić information content (AvgIpc) is 2.37. The first-order valence-corrected chi connectivity index (χ1v) is 7.29. The summed E-state index contributed by atoms with van der Waals surface area (Å²) in [7, 11) is 0. The fourth-order valence-electron chi connectivity index (χ4n) is 1.89. The Balaban J connectivity index is 2.28. The first-order valence-electron chi connectivity index (χ1n) is 5.70.